The van der Waals surface area contributed by atoms with E-state index in [0.29, 0.717) is 12.5 Å². The molecule has 1 aromatic carbocycles. The van der Waals surface area contributed by atoms with E-state index in [1.54, 1.807) is 7.11 Å². The van der Waals surface area contributed by atoms with Crippen LogP contribution in [0.4, 0.5) is 5.82 Å². The topological polar surface area (TPSA) is 67.7 Å². The fourth-order valence-electron chi connectivity index (χ4n) is 3.76. The average Bonchev–Trinajstić information content (AvgIpc) is 2.68. The molecule has 0 amide bonds. The van der Waals surface area contributed by atoms with Crippen LogP contribution in [-0.2, 0) is 12.8 Å². The van der Waals surface area contributed by atoms with Gasteiger partial charge in [-0.3, -0.25) is 0 Å². The number of aromatic nitrogens is 2. The normalized spacial score (nSPS) is 20.4. The minimum absolute atomic E-state index is 0.177. The van der Waals surface area contributed by atoms with Gasteiger partial charge in [0.15, 0.2) is 11.5 Å². The number of anilines is 1. The molecule has 6 nitrogen and oxygen atoms in total. The van der Waals surface area contributed by atoms with Crippen molar-refractivity contribution in [2.45, 2.75) is 31.8 Å². The van der Waals surface area contributed by atoms with E-state index in [9.17, 15) is 5.11 Å². The van der Waals surface area contributed by atoms with E-state index < -0.39 is 0 Å². The molecule has 1 saturated heterocycles. The number of piperidine rings is 1. The van der Waals surface area contributed by atoms with Gasteiger partial charge >= 0.3 is 0 Å². The highest BCUT2D eigenvalue weighted by atomic mass is 16.5. The highest BCUT2D eigenvalue weighted by Gasteiger charge is 2.24. The Labute approximate surface area is 153 Å². The summed E-state index contributed by atoms with van der Waals surface area (Å²) in [5, 5.41) is 9.68. The summed E-state index contributed by atoms with van der Waals surface area (Å²) in [5.41, 5.74) is 1.18. The van der Waals surface area contributed by atoms with Crippen LogP contribution in [0.3, 0.4) is 0 Å². The highest BCUT2D eigenvalue weighted by molar-refractivity contribution is 5.47. The first-order valence-corrected chi connectivity index (χ1v) is 9.26. The molecule has 1 aromatic heterocycles. The van der Waals surface area contributed by atoms with Crippen LogP contribution in [0.15, 0.2) is 30.5 Å². The number of aliphatic hydroxyl groups excluding tert-OH is 1. The second kappa shape index (κ2) is 7.50. The maximum absolute atomic E-state index is 9.68. The molecule has 1 N–H and O–H groups in total. The van der Waals surface area contributed by atoms with Crippen molar-refractivity contribution in [2.75, 3.05) is 31.7 Å². The lowest BCUT2D eigenvalue weighted by atomic mass is 9.93. The number of nitrogens with zero attached hydrogens (tertiary/aromatic N) is 3. The molecule has 0 unspecified atom stereocenters. The van der Waals surface area contributed by atoms with E-state index in [1.165, 1.54) is 5.56 Å². The second-order valence-corrected chi connectivity index (χ2v) is 7.08. The van der Waals surface area contributed by atoms with Crippen molar-refractivity contribution >= 4 is 5.82 Å². The van der Waals surface area contributed by atoms with Crippen LogP contribution in [0, 0.1) is 5.92 Å². The molecule has 2 aliphatic rings. The van der Waals surface area contributed by atoms with Crippen molar-refractivity contribution < 1.29 is 14.6 Å². The minimum Gasteiger partial charge on any atom is -0.493 e. The number of fused-ring (bicyclic) bond motifs is 1. The average molecular weight is 355 g/mol. The van der Waals surface area contributed by atoms with Gasteiger partial charge in [0.1, 0.15) is 11.6 Å². The molecule has 0 saturated carbocycles. The minimum atomic E-state index is -0.177. The summed E-state index contributed by atoms with van der Waals surface area (Å²) >= 11 is 0. The standard InChI is InChI=1S/C20H25N3O3/c1-25-17-4-2-3-15-11-14(13-26-20(15)17)12-18-21-8-5-19(22-18)23-9-6-16(24)7-10-23/h2-5,8,14,16,24H,6-7,9-13H2,1H3/t14-/m0/s1. The lowest BCUT2D eigenvalue weighted by molar-refractivity contribution is 0.145. The molecule has 1 fully saturated rings. The molecule has 4 rings (SSSR count). The van der Waals surface area contributed by atoms with Crippen molar-refractivity contribution in [1.82, 2.24) is 9.97 Å². The van der Waals surface area contributed by atoms with Gasteiger partial charge in [0.25, 0.3) is 0 Å². The third-order valence-electron chi connectivity index (χ3n) is 5.20. The summed E-state index contributed by atoms with van der Waals surface area (Å²) in [6.45, 7) is 2.34. The Balaban J connectivity index is 1.44. The van der Waals surface area contributed by atoms with Crippen molar-refractivity contribution in [3.05, 3.63) is 41.9 Å². The molecular weight excluding hydrogens is 330 g/mol. The summed E-state index contributed by atoms with van der Waals surface area (Å²) in [6, 6.07) is 7.99. The van der Waals surface area contributed by atoms with Crippen LogP contribution in [-0.4, -0.2) is 48.0 Å². The number of hydrogen-bond donors (Lipinski definition) is 1. The maximum atomic E-state index is 9.68. The summed E-state index contributed by atoms with van der Waals surface area (Å²) in [4.78, 5) is 11.5. The van der Waals surface area contributed by atoms with Gasteiger partial charge in [0.2, 0.25) is 0 Å². The number of hydrogen-bond acceptors (Lipinski definition) is 6. The third kappa shape index (κ3) is 3.60. The summed E-state index contributed by atoms with van der Waals surface area (Å²) in [5.74, 6) is 3.83. The predicted octanol–water partition coefficient (Wildman–Crippen LogP) is 2.24. The molecule has 3 heterocycles. The Morgan fingerprint density at radius 1 is 1.27 bits per heavy atom. The van der Waals surface area contributed by atoms with Gasteiger partial charge in [0.05, 0.1) is 19.8 Å². The highest BCUT2D eigenvalue weighted by Crippen LogP contribution is 2.36. The SMILES string of the molecule is COc1cccc2c1OC[C@H](Cc1nccc(N3CCC(O)CC3)n1)C2. The quantitative estimate of drug-likeness (QED) is 0.907. The zero-order valence-corrected chi connectivity index (χ0v) is 15.1. The molecule has 0 radical (unpaired) electrons. The van der Waals surface area contributed by atoms with Crippen molar-refractivity contribution in [1.29, 1.82) is 0 Å². The van der Waals surface area contributed by atoms with E-state index in [2.05, 4.69) is 16.0 Å². The van der Waals surface area contributed by atoms with Gasteiger partial charge in [-0.2, -0.15) is 0 Å². The Bertz CT molecular complexity index is 760. The van der Waals surface area contributed by atoms with E-state index in [1.807, 2.05) is 24.4 Å². The number of ether oxygens (including phenoxy) is 2. The van der Waals surface area contributed by atoms with E-state index in [-0.39, 0.29) is 6.10 Å². The fourth-order valence-corrected chi connectivity index (χ4v) is 3.76. The first kappa shape index (κ1) is 17.1. The molecular formula is C20H25N3O3. The lowest BCUT2D eigenvalue weighted by Gasteiger charge is -2.30. The van der Waals surface area contributed by atoms with Crippen molar-refractivity contribution in [2.24, 2.45) is 5.92 Å². The molecule has 138 valence electrons. The van der Waals surface area contributed by atoms with Gasteiger partial charge in [-0.1, -0.05) is 12.1 Å². The Kier molecular flexibility index (Phi) is 4.93. The van der Waals surface area contributed by atoms with Gasteiger partial charge < -0.3 is 19.5 Å². The monoisotopic (exact) mass is 355 g/mol. The number of rotatable bonds is 4. The molecule has 26 heavy (non-hydrogen) atoms. The van der Waals surface area contributed by atoms with Gasteiger partial charge in [-0.15, -0.1) is 0 Å². The molecule has 0 spiro atoms. The third-order valence-corrected chi connectivity index (χ3v) is 5.20. The van der Waals surface area contributed by atoms with Crippen molar-refractivity contribution in [3.63, 3.8) is 0 Å². The molecule has 1 atom stereocenters. The number of benzene rings is 1. The first-order chi connectivity index (χ1) is 12.7. The van der Waals surface area contributed by atoms with Crippen molar-refractivity contribution in [3.8, 4) is 11.5 Å². The first-order valence-electron chi connectivity index (χ1n) is 9.26. The Morgan fingerprint density at radius 3 is 2.92 bits per heavy atom. The number of aliphatic hydroxyl groups is 1. The van der Waals surface area contributed by atoms with Gasteiger partial charge in [0, 0.05) is 31.6 Å². The maximum Gasteiger partial charge on any atom is 0.164 e. The summed E-state index contributed by atoms with van der Waals surface area (Å²) in [6.07, 6.45) is 4.99. The molecule has 6 heteroatoms. The zero-order valence-electron chi connectivity index (χ0n) is 15.1. The van der Waals surface area contributed by atoms with Crippen LogP contribution in [0.1, 0.15) is 24.2 Å². The molecule has 0 aliphatic carbocycles. The molecule has 2 aromatic rings. The molecule has 0 bridgehead atoms. The fraction of sp³-hybridized carbons (Fsp3) is 0.500. The smallest absolute Gasteiger partial charge is 0.164 e. The number of para-hydroxylation sites is 1. The predicted molar refractivity (Wildman–Crippen MR) is 98.9 cm³/mol. The van der Waals surface area contributed by atoms with Gasteiger partial charge in [-0.25, -0.2) is 9.97 Å². The lowest BCUT2D eigenvalue weighted by Crippen LogP contribution is -2.36. The molecule has 2 aliphatic heterocycles. The van der Waals surface area contributed by atoms with E-state index in [4.69, 9.17) is 14.5 Å². The van der Waals surface area contributed by atoms with Crippen LogP contribution >= 0.6 is 0 Å². The second-order valence-electron chi connectivity index (χ2n) is 7.08. The van der Waals surface area contributed by atoms with E-state index >= 15 is 0 Å². The Hall–Kier alpha value is -2.34. The summed E-state index contributed by atoms with van der Waals surface area (Å²) < 4.78 is 11.4. The van der Waals surface area contributed by atoms with Crippen LogP contribution < -0.4 is 14.4 Å². The largest absolute Gasteiger partial charge is 0.493 e. The van der Waals surface area contributed by atoms with E-state index in [0.717, 1.165) is 61.9 Å². The summed E-state index contributed by atoms with van der Waals surface area (Å²) in [7, 11) is 1.67. The van der Waals surface area contributed by atoms with Gasteiger partial charge in [-0.05, 0) is 37.0 Å². The van der Waals surface area contributed by atoms with Crippen LogP contribution in [0.2, 0.25) is 0 Å². The van der Waals surface area contributed by atoms with Crippen LogP contribution in [0.25, 0.3) is 0 Å². The number of methoxy groups -OCH3 is 1. The zero-order chi connectivity index (χ0) is 17.9. The van der Waals surface area contributed by atoms with Crippen LogP contribution in [0.5, 0.6) is 11.5 Å². The Morgan fingerprint density at radius 2 is 2.12 bits per heavy atom.